The lowest BCUT2D eigenvalue weighted by Crippen LogP contribution is -2.31. The quantitative estimate of drug-likeness (QED) is 0.818. The van der Waals surface area contributed by atoms with Crippen molar-refractivity contribution in [2.24, 2.45) is 0 Å². The monoisotopic (exact) mass is 364 g/mol. The van der Waals surface area contributed by atoms with Crippen LogP contribution in [-0.4, -0.2) is 6.03 Å². The van der Waals surface area contributed by atoms with Crippen LogP contribution in [0.3, 0.4) is 0 Å². The molecule has 2 rings (SSSR count). The van der Waals surface area contributed by atoms with Crippen molar-refractivity contribution in [1.29, 1.82) is 0 Å². The second-order valence-corrected chi connectivity index (χ2v) is 5.53. The van der Waals surface area contributed by atoms with E-state index in [1.807, 2.05) is 48.5 Å². The number of urea groups is 1. The van der Waals surface area contributed by atoms with Gasteiger partial charge in [-0.15, -0.1) is 0 Å². The smallest absolute Gasteiger partial charge is 0.319 e. The Hall–Kier alpha value is -1.78. The normalized spacial score (nSPS) is 10.6. The number of carbonyl (C=O) groups excluding carboxylic acids is 1. The molecule has 2 amide bonds. The first kappa shape index (κ1) is 15.6. The highest BCUT2D eigenvalue weighted by Crippen LogP contribution is 2.16. The third-order valence-corrected chi connectivity index (χ3v) is 3.87. The van der Waals surface area contributed by atoms with Crippen LogP contribution in [0.25, 0.3) is 6.08 Å². The lowest BCUT2D eigenvalue weighted by atomic mass is 10.2. The van der Waals surface area contributed by atoms with Gasteiger partial charge >= 0.3 is 6.03 Å². The summed E-state index contributed by atoms with van der Waals surface area (Å²) in [6.45, 7) is 0.383. The molecule has 0 spiro atoms. The van der Waals surface area contributed by atoms with E-state index in [0.717, 1.165) is 15.6 Å². The van der Waals surface area contributed by atoms with Crippen molar-refractivity contribution < 1.29 is 4.79 Å². The summed E-state index contributed by atoms with van der Waals surface area (Å²) in [5, 5.41) is 6.04. The van der Waals surface area contributed by atoms with E-state index in [1.165, 1.54) is 0 Å². The van der Waals surface area contributed by atoms with Crippen LogP contribution in [0.2, 0.25) is 5.02 Å². The van der Waals surface area contributed by atoms with E-state index < -0.39 is 0 Å². The minimum atomic E-state index is -0.279. The maximum Gasteiger partial charge on any atom is 0.319 e. The van der Waals surface area contributed by atoms with Gasteiger partial charge in [-0.25, -0.2) is 4.79 Å². The summed E-state index contributed by atoms with van der Waals surface area (Å²) in [5.74, 6) is 0. The summed E-state index contributed by atoms with van der Waals surface area (Å²) in [6.07, 6.45) is 3.42. The van der Waals surface area contributed by atoms with Crippen molar-refractivity contribution in [3.05, 3.63) is 75.4 Å². The first-order valence-corrected chi connectivity index (χ1v) is 7.53. The Morgan fingerprint density at radius 2 is 1.86 bits per heavy atom. The fourth-order valence-corrected chi connectivity index (χ4v) is 2.31. The molecule has 3 nitrogen and oxygen atoms in total. The third kappa shape index (κ3) is 4.92. The number of rotatable bonds is 4. The van der Waals surface area contributed by atoms with Crippen molar-refractivity contribution in [1.82, 2.24) is 10.6 Å². The third-order valence-electron chi connectivity index (χ3n) is 2.78. The molecule has 0 saturated heterocycles. The van der Waals surface area contributed by atoms with Crippen molar-refractivity contribution in [3.8, 4) is 0 Å². The van der Waals surface area contributed by atoms with E-state index in [1.54, 1.807) is 12.3 Å². The Balaban J connectivity index is 1.83. The molecule has 2 N–H and O–H groups in total. The summed E-state index contributed by atoms with van der Waals surface area (Å²) >= 11 is 9.46. The minimum absolute atomic E-state index is 0.279. The Morgan fingerprint density at radius 3 is 2.62 bits per heavy atom. The molecule has 0 atom stereocenters. The lowest BCUT2D eigenvalue weighted by Gasteiger charge is -2.06. The number of carbonyl (C=O) groups is 1. The molecule has 2 aromatic carbocycles. The topological polar surface area (TPSA) is 41.1 Å². The van der Waals surface area contributed by atoms with Gasteiger partial charge in [0.25, 0.3) is 0 Å². The van der Waals surface area contributed by atoms with Crippen LogP contribution in [0.1, 0.15) is 11.1 Å². The zero-order chi connectivity index (χ0) is 15.1. The average molecular weight is 366 g/mol. The second-order valence-electron chi connectivity index (χ2n) is 4.27. The SMILES string of the molecule is O=C(N/C=C/c1ccccc1Br)NCc1ccccc1Cl. The molecule has 0 bridgehead atoms. The summed E-state index contributed by atoms with van der Waals surface area (Å²) in [5.41, 5.74) is 1.87. The van der Waals surface area contributed by atoms with Crippen molar-refractivity contribution >= 4 is 39.6 Å². The first-order valence-electron chi connectivity index (χ1n) is 6.35. The lowest BCUT2D eigenvalue weighted by molar-refractivity contribution is 0.244. The predicted octanol–water partition coefficient (Wildman–Crippen LogP) is 4.57. The van der Waals surface area contributed by atoms with Gasteiger partial charge in [-0.05, 0) is 29.3 Å². The largest absolute Gasteiger partial charge is 0.334 e. The molecule has 0 saturated carbocycles. The van der Waals surface area contributed by atoms with Crippen molar-refractivity contribution in [2.75, 3.05) is 0 Å². The molecular formula is C16H14BrClN2O. The molecule has 0 unspecified atom stereocenters. The molecular weight excluding hydrogens is 352 g/mol. The fourth-order valence-electron chi connectivity index (χ4n) is 1.69. The number of amides is 2. The van der Waals surface area contributed by atoms with Gasteiger partial charge in [0.1, 0.15) is 0 Å². The van der Waals surface area contributed by atoms with Crippen LogP contribution in [0.15, 0.2) is 59.2 Å². The highest BCUT2D eigenvalue weighted by molar-refractivity contribution is 9.10. The van der Waals surface area contributed by atoms with Gasteiger partial charge in [-0.2, -0.15) is 0 Å². The van der Waals surface area contributed by atoms with Gasteiger partial charge in [-0.3, -0.25) is 0 Å². The summed E-state index contributed by atoms with van der Waals surface area (Å²) in [7, 11) is 0. The van der Waals surface area contributed by atoms with Crippen molar-refractivity contribution in [3.63, 3.8) is 0 Å². The minimum Gasteiger partial charge on any atom is -0.334 e. The van der Waals surface area contributed by atoms with E-state index in [0.29, 0.717) is 11.6 Å². The average Bonchev–Trinajstić information content (AvgIpc) is 2.48. The Kier molecular flexibility index (Phi) is 5.84. The second kappa shape index (κ2) is 7.86. The molecule has 0 aliphatic carbocycles. The molecule has 0 aliphatic heterocycles. The fraction of sp³-hybridized carbons (Fsp3) is 0.0625. The standard InChI is InChI=1S/C16H14BrClN2O/c17-14-7-3-1-5-12(14)9-10-19-16(21)20-11-13-6-2-4-8-15(13)18/h1-10H,11H2,(H2,19,20,21)/b10-9+. The molecule has 0 aromatic heterocycles. The van der Waals surface area contributed by atoms with Crippen LogP contribution >= 0.6 is 27.5 Å². The predicted molar refractivity (Wildman–Crippen MR) is 90.0 cm³/mol. The first-order chi connectivity index (χ1) is 10.2. The molecule has 0 fully saturated rings. The number of benzene rings is 2. The maximum absolute atomic E-state index is 11.7. The van der Waals surface area contributed by atoms with Gasteiger partial charge in [0.2, 0.25) is 0 Å². The van der Waals surface area contributed by atoms with Crippen LogP contribution in [0.5, 0.6) is 0 Å². The van der Waals surface area contributed by atoms with Gasteiger partial charge in [0.05, 0.1) is 0 Å². The van der Waals surface area contributed by atoms with Gasteiger partial charge in [-0.1, -0.05) is 63.9 Å². The van der Waals surface area contributed by atoms with Gasteiger partial charge in [0, 0.05) is 22.2 Å². The number of hydrogen-bond donors (Lipinski definition) is 2. The van der Waals surface area contributed by atoms with E-state index in [4.69, 9.17) is 11.6 Å². The van der Waals surface area contributed by atoms with Crippen molar-refractivity contribution in [2.45, 2.75) is 6.54 Å². The highest BCUT2D eigenvalue weighted by atomic mass is 79.9. The van der Waals surface area contributed by atoms with E-state index in [9.17, 15) is 4.79 Å². The molecule has 5 heteroatoms. The molecule has 21 heavy (non-hydrogen) atoms. The Morgan fingerprint density at radius 1 is 1.14 bits per heavy atom. The number of nitrogens with one attached hydrogen (secondary N) is 2. The van der Waals surface area contributed by atoms with E-state index >= 15 is 0 Å². The number of halogens is 2. The van der Waals surface area contributed by atoms with E-state index in [-0.39, 0.29) is 6.03 Å². The van der Waals surface area contributed by atoms with E-state index in [2.05, 4.69) is 26.6 Å². The molecule has 0 radical (unpaired) electrons. The Bertz CT molecular complexity index is 658. The zero-order valence-corrected chi connectivity index (χ0v) is 13.5. The summed E-state index contributed by atoms with van der Waals surface area (Å²) < 4.78 is 0.972. The van der Waals surface area contributed by atoms with Crippen LogP contribution in [-0.2, 0) is 6.54 Å². The zero-order valence-electron chi connectivity index (χ0n) is 11.1. The molecule has 2 aromatic rings. The molecule has 0 heterocycles. The van der Waals surface area contributed by atoms with Crippen LogP contribution in [0, 0.1) is 0 Å². The maximum atomic E-state index is 11.7. The highest BCUT2D eigenvalue weighted by Gasteiger charge is 2.01. The van der Waals surface area contributed by atoms with Crippen LogP contribution < -0.4 is 10.6 Å². The molecule has 0 aliphatic rings. The van der Waals surface area contributed by atoms with Gasteiger partial charge in [0.15, 0.2) is 0 Å². The molecule has 108 valence electrons. The number of hydrogen-bond acceptors (Lipinski definition) is 1. The Labute approximate surface area is 137 Å². The van der Waals surface area contributed by atoms with Crippen LogP contribution in [0.4, 0.5) is 4.79 Å². The summed E-state index contributed by atoms with van der Waals surface area (Å²) in [4.78, 5) is 11.7. The van der Waals surface area contributed by atoms with Gasteiger partial charge < -0.3 is 10.6 Å². The summed E-state index contributed by atoms with van der Waals surface area (Å²) in [6, 6.07) is 14.9.